The molecule has 2 fully saturated rings. The third kappa shape index (κ3) is 10.7. The maximum Gasteiger partial charge on any atom is 0.292 e. The molecule has 0 aliphatic carbocycles. The Morgan fingerprint density at radius 3 is 1.71 bits per heavy atom. The Labute approximate surface area is 210 Å². The number of rotatable bonds is 3. The van der Waals surface area contributed by atoms with Gasteiger partial charge in [-0.15, -0.1) is 0 Å². The van der Waals surface area contributed by atoms with Crippen LogP contribution < -0.4 is 21.7 Å². The van der Waals surface area contributed by atoms with Crippen LogP contribution in [0.1, 0.15) is 14.9 Å². The fourth-order valence-corrected chi connectivity index (χ4v) is 3.11. The number of benzene rings is 2. The number of nitro groups is 2. The number of halogens is 1. The topological polar surface area (TPSA) is 172 Å². The lowest BCUT2D eigenvalue weighted by atomic mass is 10.2. The molecule has 0 saturated carbocycles. The minimum atomic E-state index is -0.550. The molecule has 2 aromatic carbocycles. The summed E-state index contributed by atoms with van der Waals surface area (Å²) >= 11 is 5.52. The summed E-state index contributed by atoms with van der Waals surface area (Å²) in [5, 5.41) is 24.4. The maximum absolute atomic E-state index is 10.6. The first-order chi connectivity index (χ1) is 15.8. The van der Waals surface area contributed by atoms with E-state index < -0.39 is 9.85 Å². The number of nitrogens with one attached hydrogen (secondary N) is 1. The molecule has 0 unspecified atom stereocenters. The van der Waals surface area contributed by atoms with Crippen molar-refractivity contribution < 1.29 is 19.3 Å². The first-order valence-corrected chi connectivity index (χ1v) is 10.5. The van der Waals surface area contributed by atoms with Crippen LogP contribution in [0.15, 0.2) is 36.4 Å². The van der Waals surface area contributed by atoms with E-state index in [9.17, 15) is 20.2 Å². The number of nitrogen functional groups attached to an aromatic ring is 2. The molecule has 0 radical (unpaired) electrons. The van der Waals surface area contributed by atoms with Crippen LogP contribution in [-0.4, -0.2) is 62.5 Å². The lowest BCUT2D eigenvalue weighted by molar-refractivity contribution is -0.384. The van der Waals surface area contributed by atoms with Gasteiger partial charge in [-0.1, -0.05) is 26.5 Å². The smallest absolute Gasteiger partial charge is 0.292 e. The summed E-state index contributed by atoms with van der Waals surface area (Å²) in [5.74, 6) is 0. The average molecular weight is 515 g/mol. The molecule has 0 atom stereocenters. The molecule has 0 spiro atoms. The molecule has 2 aliphatic heterocycles. The fraction of sp³-hybridized carbons (Fsp3) is 0.455. The zero-order chi connectivity index (χ0) is 24.2. The standard InChI is InChI=1S/C10H13N3O3.C6H5ClN2O2.C4H9NO.2CH4/c11-9-7-8(1-2-10(9)13(14)15)12-3-5-16-6-4-12;7-4-1-2-6(9(10)11)5(8)3-4;1-3-6-4-2-5-1;;/h1-2,7H,3-6,11H2;1-3H,8H2;5H,1-4H2;2*1H4. The summed E-state index contributed by atoms with van der Waals surface area (Å²) in [6.07, 6.45) is 0. The molecule has 12 nitrogen and oxygen atoms in total. The van der Waals surface area contributed by atoms with Gasteiger partial charge in [0.1, 0.15) is 11.4 Å². The van der Waals surface area contributed by atoms with Crippen molar-refractivity contribution in [1.29, 1.82) is 0 Å². The number of anilines is 3. The van der Waals surface area contributed by atoms with Crippen LogP contribution in [0.3, 0.4) is 0 Å². The van der Waals surface area contributed by atoms with Crippen molar-refractivity contribution in [3.8, 4) is 0 Å². The second-order valence-electron chi connectivity index (χ2n) is 6.92. The van der Waals surface area contributed by atoms with Gasteiger partial charge in [-0.25, -0.2) is 0 Å². The highest BCUT2D eigenvalue weighted by Crippen LogP contribution is 2.27. The summed E-state index contributed by atoms with van der Waals surface area (Å²) in [6.45, 7) is 6.77. The van der Waals surface area contributed by atoms with Crippen molar-refractivity contribution in [3.63, 3.8) is 0 Å². The van der Waals surface area contributed by atoms with Crippen molar-refractivity contribution in [2.75, 3.05) is 69.0 Å². The summed E-state index contributed by atoms with van der Waals surface area (Å²) in [6, 6.07) is 8.86. The Hall–Kier alpha value is -3.19. The van der Waals surface area contributed by atoms with E-state index in [1.165, 1.54) is 24.3 Å². The molecule has 0 bridgehead atoms. The molecule has 4 rings (SSSR count). The average Bonchev–Trinajstić information content (AvgIpc) is 2.81. The van der Waals surface area contributed by atoms with Gasteiger partial charge in [0.2, 0.25) is 0 Å². The van der Waals surface area contributed by atoms with Gasteiger partial charge in [0.15, 0.2) is 0 Å². The molecule has 0 amide bonds. The second kappa shape index (κ2) is 16.4. The van der Waals surface area contributed by atoms with E-state index in [4.69, 9.17) is 32.5 Å². The Kier molecular flexibility index (Phi) is 14.9. The van der Waals surface area contributed by atoms with Gasteiger partial charge in [0.05, 0.1) is 36.3 Å². The fourth-order valence-electron chi connectivity index (χ4n) is 2.93. The predicted molar refractivity (Wildman–Crippen MR) is 140 cm³/mol. The van der Waals surface area contributed by atoms with E-state index >= 15 is 0 Å². The number of nitrogens with two attached hydrogens (primary N) is 2. The third-order valence-corrected chi connectivity index (χ3v) is 4.85. The zero-order valence-electron chi connectivity index (χ0n) is 17.9. The molecule has 5 N–H and O–H groups in total. The van der Waals surface area contributed by atoms with Crippen LogP contribution >= 0.6 is 11.6 Å². The largest absolute Gasteiger partial charge is 0.393 e. The number of morpholine rings is 2. The highest BCUT2D eigenvalue weighted by atomic mass is 35.5. The Morgan fingerprint density at radius 2 is 1.31 bits per heavy atom. The van der Waals surface area contributed by atoms with E-state index in [2.05, 4.69) is 10.2 Å². The summed E-state index contributed by atoms with van der Waals surface area (Å²) in [4.78, 5) is 21.9. The zero-order valence-corrected chi connectivity index (χ0v) is 18.7. The van der Waals surface area contributed by atoms with Gasteiger partial charge in [-0.3, -0.25) is 20.2 Å². The lowest BCUT2D eigenvalue weighted by Crippen LogP contribution is -2.36. The summed E-state index contributed by atoms with van der Waals surface area (Å²) in [5.41, 5.74) is 12.0. The molecule has 2 saturated heterocycles. The number of ether oxygens (including phenoxy) is 2. The second-order valence-corrected chi connectivity index (χ2v) is 7.36. The normalized spacial score (nSPS) is 14.5. The van der Waals surface area contributed by atoms with Crippen LogP contribution in [0.5, 0.6) is 0 Å². The van der Waals surface area contributed by atoms with Crippen molar-refractivity contribution in [1.82, 2.24) is 5.32 Å². The van der Waals surface area contributed by atoms with Gasteiger partial charge in [0.25, 0.3) is 11.4 Å². The molecular weight excluding hydrogens is 480 g/mol. The third-order valence-electron chi connectivity index (χ3n) is 4.62. The van der Waals surface area contributed by atoms with Crippen LogP contribution in [-0.2, 0) is 9.47 Å². The van der Waals surface area contributed by atoms with Gasteiger partial charge in [0, 0.05) is 49.0 Å². The molecule has 35 heavy (non-hydrogen) atoms. The molecule has 2 aromatic rings. The van der Waals surface area contributed by atoms with Crippen LogP contribution in [0.4, 0.5) is 28.4 Å². The molecule has 0 aromatic heterocycles. The van der Waals surface area contributed by atoms with Gasteiger partial charge >= 0.3 is 0 Å². The first-order valence-electron chi connectivity index (χ1n) is 10.1. The quantitative estimate of drug-likeness (QED) is 0.311. The number of nitrogens with zero attached hydrogens (tertiary/aromatic N) is 3. The van der Waals surface area contributed by atoms with Gasteiger partial charge < -0.3 is 31.2 Å². The molecule has 2 aliphatic rings. The monoisotopic (exact) mass is 514 g/mol. The van der Waals surface area contributed by atoms with Gasteiger partial charge in [-0.2, -0.15) is 0 Å². The molecule has 196 valence electrons. The SMILES string of the molecule is C.C.C1COCCN1.Nc1cc(Cl)ccc1[N+](=O)[O-].Nc1cc(N2CCOCC2)ccc1[N+](=O)[O-]. The summed E-state index contributed by atoms with van der Waals surface area (Å²) in [7, 11) is 0. The van der Waals surface area contributed by atoms with Crippen LogP contribution in [0, 0.1) is 20.2 Å². The molecule has 2 heterocycles. The van der Waals surface area contributed by atoms with Crippen molar-refractivity contribution in [3.05, 3.63) is 61.6 Å². The number of hydrogen-bond donors (Lipinski definition) is 3. The van der Waals surface area contributed by atoms with Crippen molar-refractivity contribution in [2.45, 2.75) is 14.9 Å². The van der Waals surface area contributed by atoms with Crippen LogP contribution in [0.2, 0.25) is 5.02 Å². The predicted octanol–water partition coefficient (Wildman–Crippen LogP) is 3.72. The first kappa shape index (κ1) is 31.8. The van der Waals surface area contributed by atoms with Crippen LogP contribution in [0.25, 0.3) is 0 Å². The molecular formula is C22H35ClN6O6. The molecule has 13 heteroatoms. The van der Waals surface area contributed by atoms with Gasteiger partial charge in [-0.05, 0) is 24.3 Å². The van der Waals surface area contributed by atoms with Crippen molar-refractivity contribution >= 4 is 40.0 Å². The van der Waals surface area contributed by atoms with E-state index in [0.29, 0.717) is 18.2 Å². The Bertz CT molecular complexity index is 927. The lowest BCUT2D eigenvalue weighted by Gasteiger charge is -2.28. The van der Waals surface area contributed by atoms with E-state index in [1.54, 1.807) is 12.1 Å². The summed E-state index contributed by atoms with van der Waals surface area (Å²) < 4.78 is 10.2. The Balaban J connectivity index is 0.000000530. The van der Waals surface area contributed by atoms with E-state index in [1.807, 2.05) is 0 Å². The maximum atomic E-state index is 10.6. The highest BCUT2D eigenvalue weighted by Gasteiger charge is 2.16. The van der Waals surface area contributed by atoms with Crippen molar-refractivity contribution in [2.24, 2.45) is 0 Å². The Morgan fingerprint density at radius 1 is 0.829 bits per heavy atom. The van der Waals surface area contributed by atoms with E-state index in [0.717, 1.165) is 45.1 Å². The minimum absolute atomic E-state index is 0. The minimum Gasteiger partial charge on any atom is -0.393 e. The highest BCUT2D eigenvalue weighted by molar-refractivity contribution is 6.30. The van der Waals surface area contributed by atoms with E-state index in [-0.39, 0.29) is 37.6 Å². The number of nitro benzene ring substituents is 2. The number of hydrogen-bond acceptors (Lipinski definition) is 10.